The Kier molecular flexibility index (Phi) is 6.18. The molecule has 1 saturated heterocycles. The summed E-state index contributed by atoms with van der Waals surface area (Å²) in [6, 6.07) is 17.7. The predicted octanol–water partition coefficient (Wildman–Crippen LogP) is 4.55. The summed E-state index contributed by atoms with van der Waals surface area (Å²) in [5, 5.41) is 14.1. The van der Waals surface area contributed by atoms with Crippen molar-refractivity contribution < 1.29 is 9.53 Å². The van der Waals surface area contributed by atoms with Crippen molar-refractivity contribution in [2.24, 2.45) is 0 Å². The number of benzene rings is 2. The molecule has 3 aromatic rings. The minimum atomic E-state index is -0.373. The molecule has 152 valence electrons. The molecular weight excluding hydrogens is 398 g/mol. The van der Waals surface area contributed by atoms with E-state index in [9.17, 15) is 10.1 Å². The summed E-state index contributed by atoms with van der Waals surface area (Å²) in [4.78, 5) is 12.5. The van der Waals surface area contributed by atoms with Crippen LogP contribution in [0.15, 0.2) is 60.3 Å². The van der Waals surface area contributed by atoms with Gasteiger partial charge in [0.1, 0.15) is 11.6 Å². The van der Waals surface area contributed by atoms with Gasteiger partial charge in [-0.1, -0.05) is 41.9 Å². The summed E-state index contributed by atoms with van der Waals surface area (Å²) in [5.74, 6) is -0.373. The molecule has 1 aliphatic rings. The van der Waals surface area contributed by atoms with Crippen LogP contribution < -0.4 is 5.32 Å². The van der Waals surface area contributed by atoms with Crippen LogP contribution in [0.2, 0.25) is 5.02 Å². The number of nitriles is 1. The Bertz CT molecular complexity index is 1120. The summed E-state index contributed by atoms with van der Waals surface area (Å²) in [6.07, 6.45) is 5.61. The van der Waals surface area contributed by atoms with Gasteiger partial charge in [-0.2, -0.15) is 5.26 Å². The second-order valence-corrected chi connectivity index (χ2v) is 7.81. The number of hydrogen-bond acceptors (Lipinski definition) is 3. The monoisotopic (exact) mass is 419 g/mol. The summed E-state index contributed by atoms with van der Waals surface area (Å²) in [5.41, 5.74) is 3.08. The molecular formula is C24H22ClN3O2. The van der Waals surface area contributed by atoms with Crippen LogP contribution in [0.5, 0.6) is 0 Å². The Balaban J connectivity index is 1.60. The maximum absolute atomic E-state index is 12.5. The second kappa shape index (κ2) is 9.17. The minimum absolute atomic E-state index is 0.0372. The van der Waals surface area contributed by atoms with Gasteiger partial charge in [-0.05, 0) is 42.7 Å². The molecule has 1 aliphatic heterocycles. The second-order valence-electron chi connectivity index (χ2n) is 7.37. The quantitative estimate of drug-likeness (QED) is 0.471. The third kappa shape index (κ3) is 4.56. The van der Waals surface area contributed by atoms with Crippen LogP contribution in [0.25, 0.3) is 17.0 Å². The maximum atomic E-state index is 12.5. The number of aromatic nitrogens is 1. The first kappa shape index (κ1) is 20.2. The third-order valence-corrected chi connectivity index (χ3v) is 5.52. The van der Waals surface area contributed by atoms with Gasteiger partial charge in [-0.15, -0.1) is 0 Å². The molecule has 4 rings (SSSR count). The van der Waals surface area contributed by atoms with E-state index in [2.05, 4.69) is 9.88 Å². The number of rotatable bonds is 6. The third-order valence-electron chi connectivity index (χ3n) is 5.26. The molecule has 1 N–H and O–H groups in total. The zero-order chi connectivity index (χ0) is 20.9. The highest BCUT2D eigenvalue weighted by Gasteiger charge is 2.18. The lowest BCUT2D eigenvalue weighted by Gasteiger charge is -2.10. The Hall–Kier alpha value is -3.07. The fraction of sp³-hybridized carbons (Fsp3) is 0.250. The number of nitrogens with one attached hydrogen (secondary N) is 1. The zero-order valence-corrected chi connectivity index (χ0v) is 17.2. The van der Waals surface area contributed by atoms with E-state index >= 15 is 0 Å². The molecule has 0 radical (unpaired) electrons. The van der Waals surface area contributed by atoms with E-state index < -0.39 is 0 Å². The average Bonchev–Trinajstić information content (AvgIpc) is 3.40. The van der Waals surface area contributed by atoms with Crippen molar-refractivity contribution in [3.8, 4) is 6.07 Å². The topological polar surface area (TPSA) is 67.0 Å². The maximum Gasteiger partial charge on any atom is 0.262 e. The number of hydrogen-bond donors (Lipinski definition) is 1. The molecule has 1 fully saturated rings. The number of fused-ring (bicyclic) bond motifs is 1. The molecule has 1 unspecified atom stereocenters. The molecule has 2 aromatic carbocycles. The molecule has 5 nitrogen and oxygen atoms in total. The average molecular weight is 420 g/mol. The number of carbonyl (C=O) groups is 1. The standard InChI is InChI=1S/C24H22ClN3O2/c25-20-9-7-17(8-10-20)15-28-16-19(22-5-1-2-6-23(22)28)12-18(13-26)24(29)27-14-21-4-3-11-30-21/h1-2,5-10,12,16,21H,3-4,11,14-15H2,(H,27,29)/b18-12+. The molecule has 1 aromatic heterocycles. The smallest absolute Gasteiger partial charge is 0.262 e. The van der Waals surface area contributed by atoms with Gasteiger partial charge in [0.2, 0.25) is 0 Å². The molecule has 0 spiro atoms. The fourth-order valence-electron chi connectivity index (χ4n) is 3.72. The van der Waals surface area contributed by atoms with E-state index in [1.807, 2.05) is 60.8 Å². The number of nitrogens with zero attached hydrogens (tertiary/aromatic N) is 2. The van der Waals surface area contributed by atoms with Gasteiger partial charge in [-0.3, -0.25) is 4.79 Å². The lowest BCUT2D eigenvalue weighted by atomic mass is 10.1. The van der Waals surface area contributed by atoms with Crippen LogP contribution in [-0.4, -0.2) is 29.7 Å². The van der Waals surface area contributed by atoms with Gasteiger partial charge in [0.25, 0.3) is 5.91 Å². The first-order chi connectivity index (χ1) is 14.6. The van der Waals surface area contributed by atoms with E-state index in [1.165, 1.54) is 0 Å². The highest BCUT2D eigenvalue weighted by molar-refractivity contribution is 6.30. The van der Waals surface area contributed by atoms with Crippen LogP contribution in [0.4, 0.5) is 0 Å². The van der Waals surface area contributed by atoms with Crippen LogP contribution in [0.1, 0.15) is 24.0 Å². The number of carbonyl (C=O) groups excluding carboxylic acids is 1. The van der Waals surface area contributed by atoms with E-state index in [0.29, 0.717) is 18.1 Å². The van der Waals surface area contributed by atoms with Crippen molar-refractivity contribution >= 4 is 34.5 Å². The molecule has 0 saturated carbocycles. The Morgan fingerprint density at radius 1 is 1.27 bits per heavy atom. The van der Waals surface area contributed by atoms with Crippen LogP contribution >= 0.6 is 11.6 Å². The Morgan fingerprint density at radius 3 is 2.80 bits per heavy atom. The van der Waals surface area contributed by atoms with Crippen LogP contribution in [0.3, 0.4) is 0 Å². The lowest BCUT2D eigenvalue weighted by Crippen LogP contribution is -2.32. The molecule has 2 heterocycles. The molecule has 1 atom stereocenters. The highest BCUT2D eigenvalue weighted by atomic mass is 35.5. The van der Waals surface area contributed by atoms with E-state index in [4.69, 9.17) is 16.3 Å². The molecule has 6 heteroatoms. The summed E-state index contributed by atoms with van der Waals surface area (Å²) in [7, 11) is 0. The summed E-state index contributed by atoms with van der Waals surface area (Å²) >= 11 is 5.99. The number of para-hydroxylation sites is 1. The number of ether oxygens (including phenoxy) is 1. The van der Waals surface area contributed by atoms with Crippen LogP contribution in [-0.2, 0) is 16.1 Å². The van der Waals surface area contributed by atoms with Crippen molar-refractivity contribution in [1.82, 2.24) is 9.88 Å². The van der Waals surface area contributed by atoms with Gasteiger partial charge in [-0.25, -0.2) is 0 Å². The minimum Gasteiger partial charge on any atom is -0.376 e. The van der Waals surface area contributed by atoms with Crippen molar-refractivity contribution in [2.45, 2.75) is 25.5 Å². The van der Waals surface area contributed by atoms with Crippen LogP contribution in [0, 0.1) is 11.3 Å². The fourth-order valence-corrected chi connectivity index (χ4v) is 3.84. The Labute approximate surface area is 180 Å². The van der Waals surface area contributed by atoms with E-state index in [0.717, 1.165) is 41.5 Å². The molecule has 30 heavy (non-hydrogen) atoms. The molecule has 0 aliphatic carbocycles. The van der Waals surface area contributed by atoms with Crippen molar-refractivity contribution in [1.29, 1.82) is 5.26 Å². The van der Waals surface area contributed by atoms with Gasteiger partial charge in [0, 0.05) is 47.4 Å². The number of amides is 1. The first-order valence-corrected chi connectivity index (χ1v) is 10.4. The van der Waals surface area contributed by atoms with Gasteiger partial charge in [0.15, 0.2) is 0 Å². The van der Waals surface area contributed by atoms with E-state index in [-0.39, 0.29) is 17.6 Å². The van der Waals surface area contributed by atoms with Crippen molar-refractivity contribution in [2.75, 3.05) is 13.2 Å². The molecule has 1 amide bonds. The Morgan fingerprint density at radius 2 is 2.07 bits per heavy atom. The van der Waals surface area contributed by atoms with Gasteiger partial charge >= 0.3 is 0 Å². The predicted molar refractivity (Wildman–Crippen MR) is 118 cm³/mol. The van der Waals surface area contributed by atoms with E-state index in [1.54, 1.807) is 6.08 Å². The lowest BCUT2D eigenvalue weighted by molar-refractivity contribution is -0.117. The zero-order valence-electron chi connectivity index (χ0n) is 16.5. The summed E-state index contributed by atoms with van der Waals surface area (Å²) < 4.78 is 7.65. The van der Waals surface area contributed by atoms with Gasteiger partial charge in [0.05, 0.1) is 6.10 Å². The van der Waals surface area contributed by atoms with Crippen molar-refractivity contribution in [3.05, 3.63) is 76.5 Å². The highest BCUT2D eigenvalue weighted by Crippen LogP contribution is 2.25. The normalized spacial score (nSPS) is 16.5. The SMILES string of the molecule is N#C/C(=C\c1cn(Cc2ccc(Cl)cc2)c2ccccc12)C(=O)NCC1CCCO1. The largest absolute Gasteiger partial charge is 0.376 e. The van der Waals surface area contributed by atoms with Crippen molar-refractivity contribution in [3.63, 3.8) is 0 Å². The van der Waals surface area contributed by atoms with Gasteiger partial charge < -0.3 is 14.6 Å². The number of halogens is 1. The molecule has 0 bridgehead atoms. The summed E-state index contributed by atoms with van der Waals surface area (Å²) in [6.45, 7) is 1.82. The first-order valence-electron chi connectivity index (χ1n) is 9.98.